The van der Waals surface area contributed by atoms with Gasteiger partial charge in [0.1, 0.15) is 5.75 Å². The molecule has 2 aromatic heterocycles. The highest BCUT2D eigenvalue weighted by Crippen LogP contribution is 2.30. The molecule has 108 valence electrons. The standard InChI is InChI=1S/C16H14BrNO2S/c1-9(2)20-10-3-4-14-11(7-10)12(8-18-14)15(19)16-13(17)5-6-21-16/h3-9,18H,1-2H3. The first-order chi connectivity index (χ1) is 10.1. The molecule has 0 fully saturated rings. The van der Waals surface area contributed by atoms with Crippen LogP contribution < -0.4 is 4.74 Å². The van der Waals surface area contributed by atoms with Crippen LogP contribution in [0.4, 0.5) is 0 Å². The Balaban J connectivity index is 2.06. The van der Waals surface area contributed by atoms with Crippen LogP contribution in [0.1, 0.15) is 29.1 Å². The van der Waals surface area contributed by atoms with Crippen molar-refractivity contribution in [3.63, 3.8) is 0 Å². The number of H-pyrrole nitrogens is 1. The van der Waals surface area contributed by atoms with Crippen molar-refractivity contribution >= 4 is 44.0 Å². The number of thiophene rings is 1. The molecule has 0 unspecified atom stereocenters. The van der Waals surface area contributed by atoms with Gasteiger partial charge in [-0.05, 0) is 59.4 Å². The van der Waals surface area contributed by atoms with Gasteiger partial charge in [0, 0.05) is 27.1 Å². The summed E-state index contributed by atoms with van der Waals surface area (Å²) < 4.78 is 6.54. The van der Waals surface area contributed by atoms with E-state index >= 15 is 0 Å². The molecule has 0 amide bonds. The molecule has 0 aliphatic heterocycles. The van der Waals surface area contributed by atoms with Crippen LogP contribution >= 0.6 is 27.3 Å². The fourth-order valence-electron chi connectivity index (χ4n) is 2.21. The lowest BCUT2D eigenvalue weighted by atomic mass is 10.1. The Labute approximate surface area is 135 Å². The van der Waals surface area contributed by atoms with Gasteiger partial charge in [-0.2, -0.15) is 0 Å². The number of hydrogen-bond acceptors (Lipinski definition) is 3. The van der Waals surface area contributed by atoms with Crippen molar-refractivity contribution in [2.45, 2.75) is 20.0 Å². The quantitative estimate of drug-likeness (QED) is 0.662. The number of benzene rings is 1. The summed E-state index contributed by atoms with van der Waals surface area (Å²) in [6, 6.07) is 7.65. The molecule has 0 aliphatic carbocycles. The number of fused-ring (bicyclic) bond motifs is 1. The Kier molecular flexibility index (Phi) is 3.87. The number of rotatable bonds is 4. The van der Waals surface area contributed by atoms with E-state index in [2.05, 4.69) is 20.9 Å². The summed E-state index contributed by atoms with van der Waals surface area (Å²) in [6.45, 7) is 3.96. The maximum absolute atomic E-state index is 12.7. The average Bonchev–Trinajstić information content (AvgIpc) is 3.03. The van der Waals surface area contributed by atoms with Crippen molar-refractivity contribution in [1.29, 1.82) is 0 Å². The van der Waals surface area contributed by atoms with Gasteiger partial charge in [0.2, 0.25) is 5.78 Å². The minimum atomic E-state index is 0.0184. The molecule has 0 radical (unpaired) electrons. The second-order valence-corrected chi connectivity index (χ2v) is 6.77. The largest absolute Gasteiger partial charge is 0.491 e. The topological polar surface area (TPSA) is 42.1 Å². The van der Waals surface area contributed by atoms with Crippen molar-refractivity contribution < 1.29 is 9.53 Å². The summed E-state index contributed by atoms with van der Waals surface area (Å²) in [5.41, 5.74) is 1.60. The molecule has 0 aliphatic rings. The summed E-state index contributed by atoms with van der Waals surface area (Å²) >= 11 is 4.86. The Bertz CT molecular complexity index is 804. The third-order valence-electron chi connectivity index (χ3n) is 3.09. The highest BCUT2D eigenvalue weighted by atomic mass is 79.9. The summed E-state index contributed by atoms with van der Waals surface area (Å²) in [6.07, 6.45) is 1.87. The van der Waals surface area contributed by atoms with E-state index < -0.39 is 0 Å². The highest BCUT2D eigenvalue weighted by molar-refractivity contribution is 9.10. The van der Waals surface area contributed by atoms with Crippen LogP contribution in [0, 0.1) is 0 Å². The molecular weight excluding hydrogens is 350 g/mol. The number of carbonyl (C=O) groups excluding carboxylic acids is 1. The molecule has 0 saturated heterocycles. The lowest BCUT2D eigenvalue weighted by molar-refractivity contribution is 0.104. The number of nitrogens with one attached hydrogen (secondary N) is 1. The van der Waals surface area contributed by atoms with Gasteiger partial charge >= 0.3 is 0 Å². The third kappa shape index (κ3) is 2.76. The zero-order valence-electron chi connectivity index (χ0n) is 11.6. The van der Waals surface area contributed by atoms with Crippen molar-refractivity contribution in [1.82, 2.24) is 4.98 Å². The lowest BCUT2D eigenvalue weighted by Crippen LogP contribution is -2.05. The second kappa shape index (κ2) is 5.66. The van der Waals surface area contributed by atoms with E-state index in [1.807, 2.05) is 43.5 Å². The van der Waals surface area contributed by atoms with Crippen LogP contribution in [0.3, 0.4) is 0 Å². The van der Waals surface area contributed by atoms with Crippen molar-refractivity contribution in [2.75, 3.05) is 0 Å². The van der Waals surface area contributed by atoms with Crippen molar-refractivity contribution in [3.8, 4) is 5.75 Å². The number of ether oxygens (including phenoxy) is 1. The van der Waals surface area contributed by atoms with Crippen LogP contribution in [0.2, 0.25) is 0 Å². The van der Waals surface area contributed by atoms with E-state index in [0.717, 1.165) is 21.1 Å². The predicted octanol–water partition coefficient (Wildman–Crippen LogP) is 5.01. The summed E-state index contributed by atoms with van der Waals surface area (Å²) in [5, 5.41) is 2.79. The number of halogens is 1. The Morgan fingerprint density at radius 3 is 2.81 bits per heavy atom. The monoisotopic (exact) mass is 363 g/mol. The molecule has 1 N–H and O–H groups in total. The first kappa shape index (κ1) is 14.4. The summed E-state index contributed by atoms with van der Waals surface area (Å²) in [5.74, 6) is 0.793. The molecular formula is C16H14BrNO2S. The van der Waals surface area contributed by atoms with Gasteiger partial charge in [-0.3, -0.25) is 4.79 Å². The SMILES string of the molecule is CC(C)Oc1ccc2[nH]cc(C(=O)c3sccc3Br)c2c1. The number of aromatic nitrogens is 1. The molecule has 3 aromatic rings. The number of ketones is 1. The van der Waals surface area contributed by atoms with E-state index in [-0.39, 0.29) is 11.9 Å². The minimum absolute atomic E-state index is 0.0184. The maximum atomic E-state index is 12.7. The van der Waals surface area contributed by atoms with E-state index in [0.29, 0.717) is 10.4 Å². The smallest absolute Gasteiger partial charge is 0.206 e. The average molecular weight is 364 g/mol. The number of hydrogen-bond donors (Lipinski definition) is 1. The van der Waals surface area contributed by atoms with Crippen LogP contribution in [0.25, 0.3) is 10.9 Å². The summed E-state index contributed by atoms with van der Waals surface area (Å²) in [4.78, 5) is 16.5. The molecule has 0 spiro atoms. The zero-order chi connectivity index (χ0) is 15.0. The zero-order valence-corrected chi connectivity index (χ0v) is 14.0. The lowest BCUT2D eigenvalue weighted by Gasteiger charge is -2.09. The molecule has 5 heteroatoms. The Hall–Kier alpha value is -1.59. The highest BCUT2D eigenvalue weighted by Gasteiger charge is 2.18. The van der Waals surface area contributed by atoms with E-state index in [1.54, 1.807) is 6.20 Å². The van der Waals surface area contributed by atoms with Crippen molar-refractivity contribution in [3.05, 3.63) is 50.8 Å². The molecule has 3 rings (SSSR count). The molecule has 3 nitrogen and oxygen atoms in total. The predicted molar refractivity (Wildman–Crippen MR) is 89.5 cm³/mol. The second-order valence-electron chi connectivity index (χ2n) is 5.00. The van der Waals surface area contributed by atoms with Crippen molar-refractivity contribution in [2.24, 2.45) is 0 Å². The van der Waals surface area contributed by atoms with Gasteiger partial charge in [0.25, 0.3) is 0 Å². The fraction of sp³-hybridized carbons (Fsp3) is 0.188. The van der Waals surface area contributed by atoms with Crippen LogP contribution in [-0.2, 0) is 0 Å². The summed E-state index contributed by atoms with van der Waals surface area (Å²) in [7, 11) is 0. The molecule has 2 heterocycles. The number of carbonyl (C=O) groups is 1. The van der Waals surface area contributed by atoms with Gasteiger partial charge in [-0.15, -0.1) is 11.3 Å². The molecule has 0 atom stereocenters. The van der Waals surface area contributed by atoms with E-state index in [4.69, 9.17) is 4.74 Å². The normalized spacial score (nSPS) is 11.2. The van der Waals surface area contributed by atoms with Gasteiger partial charge in [0.15, 0.2) is 0 Å². The van der Waals surface area contributed by atoms with Gasteiger partial charge in [-0.25, -0.2) is 0 Å². The van der Waals surface area contributed by atoms with Gasteiger partial charge in [-0.1, -0.05) is 0 Å². The first-order valence-corrected chi connectivity index (χ1v) is 8.29. The minimum Gasteiger partial charge on any atom is -0.491 e. The first-order valence-electron chi connectivity index (χ1n) is 6.61. The van der Waals surface area contributed by atoms with Crippen LogP contribution in [0.15, 0.2) is 40.3 Å². The third-order valence-corrected chi connectivity index (χ3v) is 4.93. The van der Waals surface area contributed by atoms with Crippen LogP contribution in [0.5, 0.6) is 5.75 Å². The molecule has 0 bridgehead atoms. The van der Waals surface area contributed by atoms with Crippen LogP contribution in [-0.4, -0.2) is 16.9 Å². The molecule has 1 aromatic carbocycles. The number of aromatic amines is 1. The van der Waals surface area contributed by atoms with E-state index in [9.17, 15) is 4.79 Å². The van der Waals surface area contributed by atoms with Gasteiger partial charge in [0.05, 0.1) is 11.0 Å². The molecule has 21 heavy (non-hydrogen) atoms. The molecule has 0 saturated carbocycles. The van der Waals surface area contributed by atoms with Gasteiger partial charge < -0.3 is 9.72 Å². The maximum Gasteiger partial charge on any atom is 0.206 e. The Morgan fingerprint density at radius 1 is 1.33 bits per heavy atom. The Morgan fingerprint density at radius 2 is 2.14 bits per heavy atom. The van der Waals surface area contributed by atoms with E-state index in [1.165, 1.54) is 11.3 Å². The fourth-order valence-corrected chi connectivity index (χ4v) is 3.72.